The lowest BCUT2D eigenvalue weighted by Gasteiger charge is -2.22. The van der Waals surface area contributed by atoms with Crippen molar-refractivity contribution in [1.82, 2.24) is 9.97 Å². The van der Waals surface area contributed by atoms with Gasteiger partial charge in [0.15, 0.2) is 5.82 Å². The van der Waals surface area contributed by atoms with E-state index in [9.17, 15) is 35.2 Å². The number of hydrogen-bond donors (Lipinski definition) is 3. The lowest BCUT2D eigenvalue weighted by Crippen LogP contribution is -2.27. The number of nitrogens with zero attached hydrogens (tertiary/aromatic N) is 3. The van der Waals surface area contributed by atoms with Crippen LogP contribution in [0.25, 0.3) is 0 Å². The molecule has 0 atom stereocenters. The lowest BCUT2D eigenvalue weighted by atomic mass is 10.1. The van der Waals surface area contributed by atoms with Crippen molar-refractivity contribution in [3.05, 3.63) is 64.9 Å². The minimum absolute atomic E-state index is 0.195. The van der Waals surface area contributed by atoms with Crippen LogP contribution in [-0.2, 0) is 34.0 Å². The molecule has 1 amide bonds. The SMILES string of the molecule is CN(c1c(F)cc(F)cc1CNc1nc(Nc2ccc3c(c2)NC(=O)C3)ncc1C(F)(F)F)S(C)(=O)=O. The van der Waals surface area contributed by atoms with E-state index in [0.29, 0.717) is 27.9 Å². The predicted octanol–water partition coefficient (Wildman–Crippen LogP) is 4.02. The van der Waals surface area contributed by atoms with Gasteiger partial charge < -0.3 is 16.0 Å². The molecule has 0 fully saturated rings. The summed E-state index contributed by atoms with van der Waals surface area (Å²) in [7, 11) is -2.95. The molecule has 0 radical (unpaired) electrons. The van der Waals surface area contributed by atoms with Crippen molar-refractivity contribution in [2.24, 2.45) is 0 Å². The van der Waals surface area contributed by atoms with Gasteiger partial charge in [0.05, 0.1) is 18.4 Å². The molecular weight excluding hydrogens is 523 g/mol. The Balaban J connectivity index is 1.66. The fourth-order valence-electron chi connectivity index (χ4n) is 3.66. The number of carbonyl (C=O) groups excluding carboxylic acids is 1. The van der Waals surface area contributed by atoms with E-state index in [4.69, 9.17) is 0 Å². The van der Waals surface area contributed by atoms with Crippen LogP contribution < -0.4 is 20.3 Å². The fraction of sp³-hybridized carbons (Fsp3) is 0.227. The predicted molar refractivity (Wildman–Crippen MR) is 126 cm³/mol. The summed E-state index contributed by atoms with van der Waals surface area (Å²) < 4.78 is 93.7. The minimum atomic E-state index is -4.88. The number of halogens is 5. The van der Waals surface area contributed by atoms with Crippen molar-refractivity contribution in [3.8, 4) is 0 Å². The van der Waals surface area contributed by atoms with Crippen molar-refractivity contribution in [2.45, 2.75) is 19.1 Å². The van der Waals surface area contributed by atoms with Crippen molar-refractivity contribution in [1.29, 1.82) is 0 Å². The maximum absolute atomic E-state index is 14.5. The van der Waals surface area contributed by atoms with Crippen LogP contribution in [0.2, 0.25) is 0 Å². The largest absolute Gasteiger partial charge is 0.421 e. The molecule has 1 aromatic heterocycles. The molecule has 0 aliphatic carbocycles. The average molecular weight is 542 g/mol. The van der Waals surface area contributed by atoms with E-state index in [0.717, 1.165) is 24.9 Å². The van der Waals surface area contributed by atoms with Crippen molar-refractivity contribution in [2.75, 3.05) is 33.6 Å². The van der Waals surface area contributed by atoms with Gasteiger partial charge in [-0.3, -0.25) is 9.10 Å². The number of alkyl halides is 3. The average Bonchev–Trinajstić information content (AvgIpc) is 3.15. The molecule has 196 valence electrons. The number of amides is 1. The molecule has 37 heavy (non-hydrogen) atoms. The van der Waals surface area contributed by atoms with Gasteiger partial charge in [0.2, 0.25) is 21.9 Å². The lowest BCUT2D eigenvalue weighted by molar-refractivity contribution is -0.137. The topological polar surface area (TPSA) is 116 Å². The third-order valence-corrected chi connectivity index (χ3v) is 6.63. The third kappa shape index (κ3) is 5.71. The first-order valence-electron chi connectivity index (χ1n) is 10.5. The molecule has 0 bridgehead atoms. The maximum Gasteiger partial charge on any atom is 0.421 e. The number of benzene rings is 2. The van der Waals surface area contributed by atoms with Gasteiger partial charge in [-0.1, -0.05) is 6.07 Å². The monoisotopic (exact) mass is 542 g/mol. The van der Waals surface area contributed by atoms with Crippen LogP contribution >= 0.6 is 0 Å². The van der Waals surface area contributed by atoms with E-state index in [1.54, 1.807) is 18.2 Å². The first-order chi connectivity index (χ1) is 17.2. The van der Waals surface area contributed by atoms with E-state index < -0.39 is 51.4 Å². The number of sulfonamides is 1. The molecule has 4 rings (SSSR count). The minimum Gasteiger partial charge on any atom is -0.365 e. The van der Waals surface area contributed by atoms with Crippen LogP contribution in [0.15, 0.2) is 36.5 Å². The maximum atomic E-state index is 14.5. The first-order valence-corrected chi connectivity index (χ1v) is 12.4. The Morgan fingerprint density at radius 1 is 1.16 bits per heavy atom. The number of aromatic nitrogens is 2. The van der Waals surface area contributed by atoms with E-state index in [1.807, 2.05) is 0 Å². The highest BCUT2D eigenvalue weighted by Gasteiger charge is 2.35. The number of carbonyl (C=O) groups is 1. The Morgan fingerprint density at radius 3 is 2.57 bits per heavy atom. The molecule has 0 unspecified atom stereocenters. The second-order valence-electron chi connectivity index (χ2n) is 8.15. The highest BCUT2D eigenvalue weighted by molar-refractivity contribution is 7.92. The van der Waals surface area contributed by atoms with Gasteiger partial charge >= 0.3 is 6.18 Å². The van der Waals surface area contributed by atoms with E-state index in [-0.39, 0.29) is 23.8 Å². The van der Waals surface area contributed by atoms with Gasteiger partial charge in [0, 0.05) is 42.8 Å². The summed E-state index contributed by atoms with van der Waals surface area (Å²) in [6.07, 6.45) is -3.35. The van der Waals surface area contributed by atoms with E-state index in [1.165, 1.54) is 0 Å². The molecule has 1 aliphatic rings. The normalized spacial score (nSPS) is 13.2. The zero-order valence-corrected chi connectivity index (χ0v) is 20.1. The van der Waals surface area contributed by atoms with Crippen LogP contribution in [0.1, 0.15) is 16.7 Å². The summed E-state index contributed by atoms with van der Waals surface area (Å²) in [6.45, 7) is -0.603. The van der Waals surface area contributed by atoms with Gasteiger partial charge in [-0.05, 0) is 23.8 Å². The standard InChI is InChI=1S/C22H19F5N6O3S/c1-33(37(2,35)36)19-12(5-13(23)7-16(19)24)9-28-20-15(22(25,26)27)10-29-21(32-20)30-14-4-3-11-6-18(34)31-17(11)8-14/h3-5,7-8,10H,6,9H2,1-2H3,(H,31,34)(H2,28,29,30,32). The number of anilines is 5. The smallest absolute Gasteiger partial charge is 0.365 e. The Hall–Kier alpha value is -4.01. The fourth-order valence-corrected chi connectivity index (χ4v) is 4.19. The number of rotatable bonds is 7. The number of fused-ring (bicyclic) bond motifs is 1. The van der Waals surface area contributed by atoms with Crippen molar-refractivity contribution in [3.63, 3.8) is 0 Å². The molecule has 2 heterocycles. The van der Waals surface area contributed by atoms with E-state index >= 15 is 0 Å². The Morgan fingerprint density at radius 2 is 1.89 bits per heavy atom. The first kappa shape index (κ1) is 26.1. The second-order valence-corrected chi connectivity index (χ2v) is 10.2. The molecule has 15 heteroatoms. The summed E-state index contributed by atoms with van der Waals surface area (Å²) in [5, 5.41) is 7.78. The molecular formula is C22H19F5N6O3S. The summed E-state index contributed by atoms with van der Waals surface area (Å²) in [5.41, 5.74) is -0.372. The quantitative estimate of drug-likeness (QED) is 0.386. The molecule has 9 nitrogen and oxygen atoms in total. The molecule has 0 saturated carbocycles. The molecule has 2 aromatic carbocycles. The number of nitrogens with one attached hydrogen (secondary N) is 3. The zero-order valence-electron chi connectivity index (χ0n) is 19.2. The molecule has 0 spiro atoms. The highest BCUT2D eigenvalue weighted by Crippen LogP contribution is 2.35. The van der Waals surface area contributed by atoms with Gasteiger partial charge in [0.25, 0.3) is 0 Å². The second kappa shape index (κ2) is 9.46. The van der Waals surface area contributed by atoms with E-state index in [2.05, 4.69) is 25.9 Å². The molecule has 3 N–H and O–H groups in total. The molecule has 0 saturated heterocycles. The van der Waals surface area contributed by atoms with Gasteiger partial charge in [-0.25, -0.2) is 22.2 Å². The zero-order chi connectivity index (χ0) is 27.1. The number of hydrogen-bond acceptors (Lipinski definition) is 7. The summed E-state index contributed by atoms with van der Waals surface area (Å²) in [6, 6.07) is 6.09. The molecule has 3 aromatic rings. The third-order valence-electron chi connectivity index (χ3n) is 5.45. The summed E-state index contributed by atoms with van der Waals surface area (Å²) in [4.78, 5) is 19.1. The van der Waals surface area contributed by atoms with Crippen molar-refractivity contribution >= 4 is 44.8 Å². The van der Waals surface area contributed by atoms with Gasteiger partial charge in [-0.15, -0.1) is 0 Å². The van der Waals surface area contributed by atoms with Crippen LogP contribution in [0.5, 0.6) is 0 Å². The molecule has 1 aliphatic heterocycles. The van der Waals surface area contributed by atoms with Crippen LogP contribution in [-0.4, -0.2) is 37.6 Å². The highest BCUT2D eigenvalue weighted by atomic mass is 32.2. The van der Waals surface area contributed by atoms with Gasteiger partial charge in [-0.2, -0.15) is 18.2 Å². The van der Waals surface area contributed by atoms with Crippen LogP contribution in [0.3, 0.4) is 0 Å². The Labute approximate surface area is 207 Å². The Kier molecular flexibility index (Phi) is 6.66. The summed E-state index contributed by atoms with van der Waals surface area (Å²) >= 11 is 0. The van der Waals surface area contributed by atoms with Crippen molar-refractivity contribution < 1.29 is 35.2 Å². The van der Waals surface area contributed by atoms with Crippen LogP contribution in [0.4, 0.5) is 50.8 Å². The van der Waals surface area contributed by atoms with Gasteiger partial charge in [0.1, 0.15) is 17.2 Å². The summed E-state index contributed by atoms with van der Waals surface area (Å²) in [5.74, 6) is -3.41. The Bertz CT molecular complexity index is 1500. The van der Waals surface area contributed by atoms with Crippen LogP contribution in [0, 0.1) is 11.6 Å².